The van der Waals surface area contributed by atoms with Gasteiger partial charge in [-0.1, -0.05) is 18.6 Å². The number of piperidine rings is 1. The fourth-order valence-corrected chi connectivity index (χ4v) is 4.81. The predicted octanol–water partition coefficient (Wildman–Crippen LogP) is 5.49. The van der Waals surface area contributed by atoms with Gasteiger partial charge in [-0.05, 0) is 75.7 Å². The number of hydrogen-bond acceptors (Lipinski definition) is 4. The number of likely N-dealkylation sites (tertiary alicyclic amines) is 1. The number of hydrogen-bond donors (Lipinski definition) is 0. The number of benzene rings is 2. The minimum absolute atomic E-state index is 0.0217. The molecule has 0 aliphatic carbocycles. The Morgan fingerprint density at radius 3 is 2.33 bits per heavy atom. The minimum Gasteiger partial charge on any atom is -0.406 e. The van der Waals surface area contributed by atoms with Crippen molar-refractivity contribution in [2.75, 3.05) is 32.7 Å². The molecular weight excluding hydrogens is 469 g/mol. The summed E-state index contributed by atoms with van der Waals surface area (Å²) in [4.78, 5) is 22.0. The standard InChI is InChI=1S/C27H33F3N4O2/c1-3-33(4-2)26(35)21-10-13-24-23(19-21)31-25(34(24)17-16-32-14-6-5-7-15-32)18-20-8-11-22(12-9-20)36-27(28,29)30/h8-13,19H,3-7,14-18H2,1-2H3. The summed E-state index contributed by atoms with van der Waals surface area (Å²) in [6.07, 6.45) is -0.570. The van der Waals surface area contributed by atoms with Crippen molar-refractivity contribution in [2.24, 2.45) is 0 Å². The van der Waals surface area contributed by atoms with E-state index < -0.39 is 6.36 Å². The van der Waals surface area contributed by atoms with Gasteiger partial charge in [0.2, 0.25) is 0 Å². The molecule has 36 heavy (non-hydrogen) atoms. The van der Waals surface area contributed by atoms with Gasteiger partial charge in [0.15, 0.2) is 0 Å². The number of amides is 1. The zero-order valence-electron chi connectivity index (χ0n) is 20.9. The zero-order valence-corrected chi connectivity index (χ0v) is 20.9. The van der Waals surface area contributed by atoms with Crippen LogP contribution in [0.1, 0.15) is 54.9 Å². The van der Waals surface area contributed by atoms with Crippen molar-refractivity contribution in [1.82, 2.24) is 19.4 Å². The molecule has 194 valence electrons. The summed E-state index contributed by atoms with van der Waals surface area (Å²) in [6.45, 7) is 9.02. The molecule has 0 unspecified atom stereocenters. The molecule has 9 heteroatoms. The van der Waals surface area contributed by atoms with Crippen molar-refractivity contribution < 1.29 is 22.7 Å². The Labute approximate surface area is 209 Å². The van der Waals surface area contributed by atoms with Crippen LogP contribution in [-0.4, -0.2) is 64.3 Å². The lowest BCUT2D eigenvalue weighted by Gasteiger charge is -2.26. The molecule has 1 aliphatic rings. The third kappa shape index (κ3) is 6.37. The maximum absolute atomic E-state index is 12.9. The van der Waals surface area contributed by atoms with Gasteiger partial charge in [-0.2, -0.15) is 0 Å². The average molecular weight is 503 g/mol. The van der Waals surface area contributed by atoms with Gasteiger partial charge in [0.1, 0.15) is 11.6 Å². The summed E-state index contributed by atoms with van der Waals surface area (Å²) in [5.74, 6) is 0.551. The van der Waals surface area contributed by atoms with Crippen LogP contribution in [0.3, 0.4) is 0 Å². The van der Waals surface area contributed by atoms with Crippen molar-refractivity contribution in [3.8, 4) is 5.75 Å². The normalized spacial score (nSPS) is 14.8. The number of nitrogens with zero attached hydrogens (tertiary/aromatic N) is 4. The smallest absolute Gasteiger partial charge is 0.406 e. The number of alkyl halides is 3. The van der Waals surface area contributed by atoms with Crippen LogP contribution in [0.15, 0.2) is 42.5 Å². The van der Waals surface area contributed by atoms with E-state index in [4.69, 9.17) is 4.98 Å². The van der Waals surface area contributed by atoms with Crippen molar-refractivity contribution >= 4 is 16.9 Å². The first-order chi connectivity index (χ1) is 17.3. The zero-order chi connectivity index (χ0) is 25.7. The van der Waals surface area contributed by atoms with E-state index >= 15 is 0 Å². The Balaban J connectivity index is 1.62. The fourth-order valence-electron chi connectivity index (χ4n) is 4.81. The minimum atomic E-state index is -4.72. The topological polar surface area (TPSA) is 50.6 Å². The maximum Gasteiger partial charge on any atom is 0.573 e. The highest BCUT2D eigenvalue weighted by atomic mass is 19.4. The third-order valence-electron chi connectivity index (χ3n) is 6.73. The molecule has 4 rings (SSSR count). The molecule has 0 atom stereocenters. The lowest BCUT2D eigenvalue weighted by atomic mass is 10.1. The van der Waals surface area contributed by atoms with E-state index in [1.807, 2.05) is 32.0 Å². The van der Waals surface area contributed by atoms with Crippen LogP contribution in [-0.2, 0) is 13.0 Å². The molecule has 6 nitrogen and oxygen atoms in total. The molecule has 1 amide bonds. The molecule has 1 fully saturated rings. The number of halogens is 3. The van der Waals surface area contributed by atoms with E-state index in [1.54, 1.807) is 17.0 Å². The number of carbonyl (C=O) groups is 1. The van der Waals surface area contributed by atoms with Gasteiger partial charge in [0.25, 0.3) is 5.91 Å². The largest absolute Gasteiger partial charge is 0.573 e. The molecule has 1 aliphatic heterocycles. The quantitative estimate of drug-likeness (QED) is 0.388. The van der Waals surface area contributed by atoms with E-state index in [0.29, 0.717) is 25.1 Å². The lowest BCUT2D eigenvalue weighted by Crippen LogP contribution is -2.32. The van der Waals surface area contributed by atoms with Crippen LogP contribution in [0.5, 0.6) is 5.75 Å². The first kappa shape index (κ1) is 26.0. The van der Waals surface area contributed by atoms with Gasteiger partial charge in [-0.25, -0.2) is 4.98 Å². The number of ether oxygens (including phenoxy) is 1. The molecule has 1 aromatic heterocycles. The van der Waals surface area contributed by atoms with E-state index in [2.05, 4.69) is 14.2 Å². The predicted molar refractivity (Wildman–Crippen MR) is 133 cm³/mol. The Bertz CT molecular complexity index is 1160. The summed E-state index contributed by atoms with van der Waals surface area (Å²) >= 11 is 0. The number of imidazole rings is 1. The first-order valence-electron chi connectivity index (χ1n) is 12.6. The van der Waals surface area contributed by atoms with E-state index in [0.717, 1.165) is 48.6 Å². The third-order valence-corrected chi connectivity index (χ3v) is 6.73. The second-order valence-corrected chi connectivity index (χ2v) is 9.13. The number of rotatable bonds is 9. The molecule has 0 bridgehead atoms. The number of fused-ring (bicyclic) bond motifs is 1. The summed E-state index contributed by atoms with van der Waals surface area (Å²) in [6, 6.07) is 11.6. The average Bonchev–Trinajstić information content (AvgIpc) is 3.20. The molecule has 2 aromatic carbocycles. The van der Waals surface area contributed by atoms with Crippen LogP contribution in [0.2, 0.25) is 0 Å². The molecule has 0 saturated carbocycles. The van der Waals surface area contributed by atoms with Gasteiger partial charge in [-0.15, -0.1) is 13.2 Å². The second-order valence-electron chi connectivity index (χ2n) is 9.13. The fraction of sp³-hybridized carbons (Fsp3) is 0.481. The van der Waals surface area contributed by atoms with Gasteiger partial charge in [0, 0.05) is 38.2 Å². The van der Waals surface area contributed by atoms with E-state index in [-0.39, 0.29) is 11.7 Å². The molecule has 0 N–H and O–H groups in total. The highest BCUT2D eigenvalue weighted by molar-refractivity contribution is 5.97. The number of carbonyl (C=O) groups excluding carboxylic acids is 1. The SMILES string of the molecule is CCN(CC)C(=O)c1ccc2c(c1)nc(Cc1ccc(OC(F)(F)F)cc1)n2CCN1CCCCC1. The Kier molecular flexibility index (Phi) is 8.18. The van der Waals surface area contributed by atoms with Gasteiger partial charge >= 0.3 is 6.36 Å². The van der Waals surface area contributed by atoms with Gasteiger partial charge in [-0.3, -0.25) is 4.79 Å². The molecule has 3 aromatic rings. The van der Waals surface area contributed by atoms with Crippen molar-refractivity contribution in [3.63, 3.8) is 0 Å². The van der Waals surface area contributed by atoms with Crippen LogP contribution in [0, 0.1) is 0 Å². The summed E-state index contributed by atoms with van der Waals surface area (Å²) < 4.78 is 43.7. The summed E-state index contributed by atoms with van der Waals surface area (Å²) in [5, 5.41) is 0. The monoisotopic (exact) mass is 502 g/mol. The first-order valence-corrected chi connectivity index (χ1v) is 12.6. The Morgan fingerprint density at radius 1 is 1.00 bits per heavy atom. The molecular formula is C27H33F3N4O2. The van der Waals surface area contributed by atoms with E-state index in [1.165, 1.54) is 31.4 Å². The van der Waals surface area contributed by atoms with Gasteiger partial charge < -0.3 is 19.1 Å². The van der Waals surface area contributed by atoms with Crippen molar-refractivity contribution in [2.45, 2.75) is 52.4 Å². The lowest BCUT2D eigenvalue weighted by molar-refractivity contribution is -0.274. The van der Waals surface area contributed by atoms with Gasteiger partial charge in [0.05, 0.1) is 11.0 Å². The molecule has 1 saturated heterocycles. The van der Waals surface area contributed by atoms with Crippen LogP contribution in [0.25, 0.3) is 11.0 Å². The highest BCUT2D eigenvalue weighted by Gasteiger charge is 2.31. The van der Waals surface area contributed by atoms with Crippen LogP contribution < -0.4 is 4.74 Å². The highest BCUT2D eigenvalue weighted by Crippen LogP contribution is 2.25. The molecule has 0 spiro atoms. The maximum atomic E-state index is 12.9. The molecule has 0 radical (unpaired) electrons. The number of aromatic nitrogens is 2. The summed E-state index contributed by atoms with van der Waals surface area (Å²) in [7, 11) is 0. The van der Waals surface area contributed by atoms with E-state index in [9.17, 15) is 18.0 Å². The van der Waals surface area contributed by atoms with Crippen LogP contribution in [0.4, 0.5) is 13.2 Å². The molecule has 2 heterocycles. The van der Waals surface area contributed by atoms with Crippen molar-refractivity contribution in [3.05, 3.63) is 59.4 Å². The summed E-state index contributed by atoms with van der Waals surface area (Å²) in [5.41, 5.74) is 3.14. The Morgan fingerprint density at radius 2 is 1.69 bits per heavy atom. The Hall–Kier alpha value is -3.07. The van der Waals surface area contributed by atoms with Crippen molar-refractivity contribution in [1.29, 1.82) is 0 Å². The van der Waals surface area contributed by atoms with Crippen LogP contribution >= 0.6 is 0 Å². The second kappa shape index (κ2) is 11.3.